The van der Waals surface area contributed by atoms with Crippen LogP contribution in [0.15, 0.2) is 36.4 Å². The lowest BCUT2D eigenvalue weighted by Crippen LogP contribution is -2.55. The summed E-state index contributed by atoms with van der Waals surface area (Å²) in [7, 11) is 0. The number of nitriles is 1. The van der Waals surface area contributed by atoms with Gasteiger partial charge in [0.2, 0.25) is 5.91 Å². The largest absolute Gasteiger partial charge is 0.337 e. The zero-order valence-corrected chi connectivity index (χ0v) is 20.4. The number of rotatable bonds is 7. The minimum Gasteiger partial charge on any atom is -0.337 e. The Balaban J connectivity index is 1.71. The first kappa shape index (κ1) is 25.4. The van der Waals surface area contributed by atoms with Gasteiger partial charge in [0.05, 0.1) is 11.6 Å². The number of carbonyl (C=O) groups is 2. The molecule has 180 valence electrons. The van der Waals surface area contributed by atoms with Crippen molar-refractivity contribution >= 4 is 17.5 Å². The van der Waals surface area contributed by atoms with E-state index in [4.69, 9.17) is 5.26 Å². The molecule has 0 unspecified atom stereocenters. The van der Waals surface area contributed by atoms with Crippen molar-refractivity contribution in [3.05, 3.63) is 64.5 Å². The molecule has 0 spiro atoms. The first-order valence-corrected chi connectivity index (χ1v) is 11.9. The first-order chi connectivity index (χ1) is 16.3. The molecular formula is C27H33FN4O2. The van der Waals surface area contributed by atoms with Crippen LogP contribution in [0.25, 0.3) is 0 Å². The molecule has 6 nitrogen and oxygen atoms in total. The van der Waals surface area contributed by atoms with Crippen molar-refractivity contribution in [2.75, 3.05) is 25.0 Å². The van der Waals surface area contributed by atoms with E-state index in [1.54, 1.807) is 18.2 Å². The number of amides is 2. The molecule has 1 aliphatic heterocycles. The number of anilines is 1. The summed E-state index contributed by atoms with van der Waals surface area (Å²) in [6.45, 7) is 10.7. The van der Waals surface area contributed by atoms with Crippen molar-refractivity contribution in [1.82, 2.24) is 9.80 Å². The van der Waals surface area contributed by atoms with Crippen LogP contribution < -0.4 is 5.32 Å². The lowest BCUT2D eigenvalue weighted by molar-refractivity contribution is -0.140. The maximum absolute atomic E-state index is 14.5. The fourth-order valence-electron chi connectivity index (χ4n) is 4.57. The highest BCUT2D eigenvalue weighted by molar-refractivity contribution is 6.04. The summed E-state index contributed by atoms with van der Waals surface area (Å²) in [4.78, 5) is 29.7. The molecule has 1 heterocycles. The molecule has 7 heteroatoms. The third kappa shape index (κ3) is 5.81. The Kier molecular flexibility index (Phi) is 8.41. The van der Waals surface area contributed by atoms with E-state index in [-0.39, 0.29) is 23.8 Å². The van der Waals surface area contributed by atoms with Crippen molar-refractivity contribution in [2.24, 2.45) is 5.92 Å². The van der Waals surface area contributed by atoms with Gasteiger partial charge < -0.3 is 10.2 Å². The smallest absolute Gasteiger partial charge is 0.255 e. The number of carbonyl (C=O) groups excluding carboxylic acids is 2. The molecule has 1 fully saturated rings. The van der Waals surface area contributed by atoms with E-state index in [9.17, 15) is 14.0 Å². The van der Waals surface area contributed by atoms with Gasteiger partial charge in [-0.3, -0.25) is 14.5 Å². The van der Waals surface area contributed by atoms with E-state index in [0.29, 0.717) is 36.4 Å². The summed E-state index contributed by atoms with van der Waals surface area (Å²) >= 11 is 0. The Morgan fingerprint density at radius 1 is 1.21 bits per heavy atom. The van der Waals surface area contributed by atoms with Gasteiger partial charge in [0, 0.05) is 49.4 Å². The highest BCUT2D eigenvalue weighted by atomic mass is 19.1. The summed E-state index contributed by atoms with van der Waals surface area (Å²) in [5.41, 5.74) is 2.75. The Morgan fingerprint density at radius 2 is 1.94 bits per heavy atom. The van der Waals surface area contributed by atoms with Crippen molar-refractivity contribution in [3.8, 4) is 6.07 Å². The van der Waals surface area contributed by atoms with Gasteiger partial charge in [-0.1, -0.05) is 19.9 Å². The Hall–Kier alpha value is -3.24. The van der Waals surface area contributed by atoms with Crippen molar-refractivity contribution in [1.29, 1.82) is 5.26 Å². The predicted molar refractivity (Wildman–Crippen MR) is 131 cm³/mol. The van der Waals surface area contributed by atoms with Gasteiger partial charge in [-0.25, -0.2) is 4.39 Å². The van der Waals surface area contributed by atoms with E-state index >= 15 is 0 Å². The van der Waals surface area contributed by atoms with Crippen LogP contribution in [0.1, 0.15) is 60.7 Å². The average molecular weight is 465 g/mol. The topological polar surface area (TPSA) is 76.4 Å². The van der Waals surface area contributed by atoms with Crippen LogP contribution in [-0.2, 0) is 11.3 Å². The highest BCUT2D eigenvalue weighted by Crippen LogP contribution is 2.25. The molecule has 3 rings (SSSR count). The Morgan fingerprint density at radius 3 is 2.59 bits per heavy atom. The van der Waals surface area contributed by atoms with Crippen LogP contribution in [0.2, 0.25) is 0 Å². The summed E-state index contributed by atoms with van der Waals surface area (Å²) in [5, 5.41) is 11.9. The number of hydrogen-bond acceptors (Lipinski definition) is 4. The summed E-state index contributed by atoms with van der Waals surface area (Å²) in [5.74, 6) is -0.514. The fourth-order valence-corrected chi connectivity index (χ4v) is 4.57. The van der Waals surface area contributed by atoms with Gasteiger partial charge in [-0.2, -0.15) is 5.26 Å². The number of benzene rings is 2. The van der Waals surface area contributed by atoms with Gasteiger partial charge >= 0.3 is 0 Å². The van der Waals surface area contributed by atoms with Crippen LogP contribution in [-0.4, -0.2) is 47.3 Å². The first-order valence-electron chi connectivity index (χ1n) is 11.9. The van der Waals surface area contributed by atoms with Crippen molar-refractivity contribution in [3.63, 3.8) is 0 Å². The molecule has 0 radical (unpaired) electrons. The van der Waals surface area contributed by atoms with Crippen LogP contribution in [0.5, 0.6) is 0 Å². The van der Waals surface area contributed by atoms with Crippen molar-refractivity contribution in [2.45, 2.75) is 53.1 Å². The maximum Gasteiger partial charge on any atom is 0.255 e. The van der Waals surface area contributed by atoms with E-state index in [1.165, 1.54) is 18.2 Å². The van der Waals surface area contributed by atoms with Crippen LogP contribution in [0, 0.1) is 30.0 Å². The number of piperazine rings is 1. The van der Waals surface area contributed by atoms with E-state index in [2.05, 4.69) is 31.0 Å². The lowest BCUT2D eigenvalue weighted by atomic mass is 9.99. The SMILES string of the molecule is CCC(CC)C(=O)N1CCN(Cc2cc(F)cc(NC(=O)c3cccc(C#N)c3)c2C)C[C@@H]1C. The molecule has 2 amide bonds. The van der Waals surface area contributed by atoms with Gasteiger partial charge in [0.1, 0.15) is 5.82 Å². The van der Waals surface area contributed by atoms with E-state index in [0.717, 1.165) is 30.5 Å². The molecular weight excluding hydrogens is 431 g/mol. The quantitative estimate of drug-likeness (QED) is 0.643. The monoisotopic (exact) mass is 464 g/mol. The summed E-state index contributed by atoms with van der Waals surface area (Å²) < 4.78 is 14.5. The molecule has 2 aromatic carbocycles. The molecule has 1 saturated heterocycles. The second-order valence-electron chi connectivity index (χ2n) is 9.01. The zero-order valence-electron chi connectivity index (χ0n) is 20.4. The molecule has 2 aromatic rings. The standard InChI is InChI=1S/C27H33FN4O2/c1-5-21(6-2)27(34)32-11-10-31(16-18(32)3)17-23-13-24(28)14-25(19(23)4)30-26(33)22-9-7-8-20(12-22)15-29/h7-9,12-14,18,21H,5-6,10-11,16-17H2,1-4H3,(H,30,33)/t18-/m0/s1. The molecule has 0 aliphatic carbocycles. The molecule has 0 saturated carbocycles. The third-order valence-corrected chi connectivity index (χ3v) is 6.71. The second kappa shape index (κ2) is 11.3. The third-order valence-electron chi connectivity index (χ3n) is 6.71. The normalized spacial score (nSPS) is 16.4. The molecule has 0 bridgehead atoms. The van der Waals surface area contributed by atoms with Gasteiger partial charge in [-0.15, -0.1) is 0 Å². The number of nitrogens with zero attached hydrogens (tertiary/aromatic N) is 3. The second-order valence-corrected chi connectivity index (χ2v) is 9.01. The van der Waals surface area contributed by atoms with E-state index in [1.807, 2.05) is 17.9 Å². The molecule has 1 N–H and O–H groups in total. The Bertz CT molecular complexity index is 1090. The maximum atomic E-state index is 14.5. The van der Waals surface area contributed by atoms with Crippen LogP contribution in [0.3, 0.4) is 0 Å². The van der Waals surface area contributed by atoms with Crippen LogP contribution in [0.4, 0.5) is 10.1 Å². The Labute approximate surface area is 201 Å². The van der Waals surface area contributed by atoms with E-state index < -0.39 is 5.82 Å². The van der Waals surface area contributed by atoms with Gasteiger partial charge in [0.25, 0.3) is 5.91 Å². The summed E-state index contributed by atoms with van der Waals surface area (Å²) in [6, 6.07) is 11.3. The summed E-state index contributed by atoms with van der Waals surface area (Å²) in [6.07, 6.45) is 1.69. The average Bonchev–Trinajstić information content (AvgIpc) is 2.82. The number of halogens is 1. The molecule has 0 aromatic heterocycles. The lowest BCUT2D eigenvalue weighted by Gasteiger charge is -2.41. The van der Waals surface area contributed by atoms with Gasteiger partial charge in [0.15, 0.2) is 0 Å². The molecule has 1 atom stereocenters. The minimum atomic E-state index is -0.419. The number of hydrogen-bond donors (Lipinski definition) is 1. The highest BCUT2D eigenvalue weighted by Gasteiger charge is 2.30. The van der Waals surface area contributed by atoms with Crippen molar-refractivity contribution < 1.29 is 14.0 Å². The zero-order chi connectivity index (χ0) is 24.8. The predicted octanol–water partition coefficient (Wildman–Crippen LogP) is 4.73. The van der Waals surface area contributed by atoms with Crippen LogP contribution >= 0.6 is 0 Å². The number of nitrogens with one attached hydrogen (secondary N) is 1. The molecule has 1 aliphatic rings. The van der Waals surface area contributed by atoms with Gasteiger partial charge in [-0.05, 0) is 68.1 Å². The fraction of sp³-hybridized carbons (Fsp3) is 0.444. The molecule has 34 heavy (non-hydrogen) atoms. The minimum absolute atomic E-state index is 0.0690.